The molecule has 5 nitrogen and oxygen atoms in total. The number of nitrogens with two attached hydrogens (primary N) is 1. The molecule has 0 aliphatic carbocycles. The van der Waals surface area contributed by atoms with Gasteiger partial charge >= 0.3 is 6.09 Å². The molecule has 1 amide bonds. The summed E-state index contributed by atoms with van der Waals surface area (Å²) in [6, 6.07) is 0. The van der Waals surface area contributed by atoms with E-state index in [-0.39, 0.29) is 11.9 Å². The summed E-state index contributed by atoms with van der Waals surface area (Å²) in [6.07, 6.45) is 0.0156. The summed E-state index contributed by atoms with van der Waals surface area (Å²) >= 11 is 0. The number of ether oxygens (including phenoxy) is 1. The number of carbonyl (C=O) groups is 1. The first-order valence-electron chi connectivity index (χ1n) is 3.77. The van der Waals surface area contributed by atoms with Gasteiger partial charge in [0.05, 0.1) is 12.9 Å². The maximum absolute atomic E-state index is 10.9. The van der Waals surface area contributed by atoms with Gasteiger partial charge in [0.1, 0.15) is 0 Å². The van der Waals surface area contributed by atoms with E-state index in [4.69, 9.17) is 11.1 Å². The Morgan fingerprint density at radius 2 is 2.25 bits per heavy atom. The van der Waals surface area contributed by atoms with Crippen LogP contribution >= 0.6 is 0 Å². The number of carbonyl (C=O) groups excluding carboxylic acids is 1. The Balaban J connectivity index is 3.83. The van der Waals surface area contributed by atoms with Crippen LogP contribution in [0.4, 0.5) is 4.79 Å². The molecule has 0 aromatic rings. The van der Waals surface area contributed by atoms with E-state index < -0.39 is 0 Å². The molecule has 12 heavy (non-hydrogen) atoms. The van der Waals surface area contributed by atoms with Crippen molar-refractivity contribution in [3.63, 3.8) is 0 Å². The van der Waals surface area contributed by atoms with E-state index in [0.717, 1.165) is 0 Å². The number of hydrogen-bond donors (Lipinski definition) is 2. The molecule has 0 saturated carbocycles. The first-order valence-corrected chi connectivity index (χ1v) is 3.77. The van der Waals surface area contributed by atoms with E-state index in [0.29, 0.717) is 19.5 Å². The van der Waals surface area contributed by atoms with Gasteiger partial charge in [-0.2, -0.15) is 0 Å². The summed E-state index contributed by atoms with van der Waals surface area (Å²) < 4.78 is 4.51. The van der Waals surface area contributed by atoms with Gasteiger partial charge in [-0.05, 0) is 6.92 Å². The third-order valence-electron chi connectivity index (χ3n) is 1.47. The highest BCUT2D eigenvalue weighted by Gasteiger charge is 2.10. The molecule has 0 atom stereocenters. The smallest absolute Gasteiger partial charge is 0.409 e. The number of methoxy groups -OCH3 is 1. The van der Waals surface area contributed by atoms with Crippen molar-refractivity contribution >= 4 is 11.9 Å². The van der Waals surface area contributed by atoms with Crippen LogP contribution in [0.1, 0.15) is 13.3 Å². The maximum atomic E-state index is 10.9. The van der Waals surface area contributed by atoms with Crippen LogP contribution in [0.5, 0.6) is 0 Å². The summed E-state index contributed by atoms with van der Waals surface area (Å²) in [7, 11) is 1.33. The lowest BCUT2D eigenvalue weighted by molar-refractivity contribution is 0.127. The quantitative estimate of drug-likeness (QED) is 0.477. The summed E-state index contributed by atoms with van der Waals surface area (Å²) in [4.78, 5) is 12.4. The van der Waals surface area contributed by atoms with Crippen molar-refractivity contribution in [2.45, 2.75) is 13.3 Å². The second kappa shape index (κ2) is 5.40. The fourth-order valence-corrected chi connectivity index (χ4v) is 0.763. The van der Waals surface area contributed by atoms with Crippen molar-refractivity contribution in [1.29, 1.82) is 5.41 Å². The van der Waals surface area contributed by atoms with Gasteiger partial charge in [-0.15, -0.1) is 0 Å². The van der Waals surface area contributed by atoms with Gasteiger partial charge in [0.15, 0.2) is 0 Å². The van der Waals surface area contributed by atoms with E-state index in [1.807, 2.05) is 6.92 Å². The van der Waals surface area contributed by atoms with Crippen LogP contribution in [0, 0.1) is 5.41 Å². The minimum absolute atomic E-state index is 0.0809. The molecule has 70 valence electrons. The number of nitrogens with zero attached hydrogens (tertiary/aromatic N) is 1. The average molecular weight is 173 g/mol. The van der Waals surface area contributed by atoms with Gasteiger partial charge in [0.25, 0.3) is 0 Å². The van der Waals surface area contributed by atoms with Crippen LogP contribution < -0.4 is 5.73 Å². The minimum Gasteiger partial charge on any atom is -0.453 e. The third-order valence-corrected chi connectivity index (χ3v) is 1.47. The largest absolute Gasteiger partial charge is 0.453 e. The Morgan fingerprint density at radius 1 is 1.67 bits per heavy atom. The number of nitrogens with one attached hydrogen (secondary N) is 1. The van der Waals surface area contributed by atoms with Crippen LogP contribution in [0.15, 0.2) is 0 Å². The molecule has 0 aliphatic heterocycles. The summed E-state index contributed by atoms with van der Waals surface area (Å²) in [5.74, 6) is 0.0809. The molecule has 0 spiro atoms. The summed E-state index contributed by atoms with van der Waals surface area (Å²) in [6.45, 7) is 2.86. The van der Waals surface area contributed by atoms with Gasteiger partial charge in [-0.1, -0.05) is 0 Å². The summed E-state index contributed by atoms with van der Waals surface area (Å²) in [5.41, 5.74) is 5.14. The first-order chi connectivity index (χ1) is 5.61. The Labute approximate surface area is 72.0 Å². The highest BCUT2D eigenvalue weighted by Crippen LogP contribution is 1.94. The molecule has 0 heterocycles. The highest BCUT2D eigenvalue weighted by atomic mass is 16.5. The molecular weight excluding hydrogens is 158 g/mol. The zero-order valence-electron chi connectivity index (χ0n) is 7.46. The number of rotatable bonds is 4. The lowest BCUT2D eigenvalue weighted by Gasteiger charge is -2.18. The second-order valence-corrected chi connectivity index (χ2v) is 2.32. The number of amides is 1. The van der Waals surface area contributed by atoms with Crippen LogP contribution in [-0.4, -0.2) is 37.0 Å². The molecule has 5 heteroatoms. The van der Waals surface area contributed by atoms with E-state index in [2.05, 4.69) is 4.74 Å². The van der Waals surface area contributed by atoms with Crippen molar-refractivity contribution in [2.24, 2.45) is 5.73 Å². The maximum Gasteiger partial charge on any atom is 0.409 e. The molecule has 0 radical (unpaired) electrons. The van der Waals surface area contributed by atoms with Crippen molar-refractivity contribution in [3.8, 4) is 0 Å². The first kappa shape index (κ1) is 10.7. The molecule has 0 aromatic carbocycles. The number of hydrogen-bond acceptors (Lipinski definition) is 3. The predicted molar refractivity (Wildman–Crippen MR) is 46.2 cm³/mol. The Morgan fingerprint density at radius 3 is 2.58 bits per heavy atom. The molecule has 0 bridgehead atoms. The minimum atomic E-state index is -0.376. The standard InChI is InChI=1S/C7H15N3O2/c1-3-10(7(11)12-2)5-4-6(8)9/h3-5H2,1-2H3,(H3,8,9). The molecular formula is C7H15N3O2. The molecule has 0 aliphatic rings. The van der Waals surface area contributed by atoms with Crippen LogP contribution in [0.2, 0.25) is 0 Å². The van der Waals surface area contributed by atoms with Crippen molar-refractivity contribution in [1.82, 2.24) is 4.90 Å². The van der Waals surface area contributed by atoms with Gasteiger partial charge in [0.2, 0.25) is 0 Å². The molecule has 3 N–H and O–H groups in total. The monoisotopic (exact) mass is 173 g/mol. The van der Waals surface area contributed by atoms with Crippen molar-refractivity contribution in [2.75, 3.05) is 20.2 Å². The molecule has 0 unspecified atom stereocenters. The van der Waals surface area contributed by atoms with Crippen LogP contribution in [0.3, 0.4) is 0 Å². The number of amidine groups is 1. The van der Waals surface area contributed by atoms with Gasteiger partial charge in [0, 0.05) is 19.5 Å². The van der Waals surface area contributed by atoms with E-state index in [1.54, 1.807) is 0 Å². The Bertz CT molecular complexity index is 170. The molecule has 0 rings (SSSR count). The molecule has 0 fully saturated rings. The predicted octanol–water partition coefficient (Wildman–Crippen LogP) is 0.401. The molecule has 0 saturated heterocycles. The zero-order chi connectivity index (χ0) is 9.56. The van der Waals surface area contributed by atoms with Gasteiger partial charge in [-0.3, -0.25) is 5.41 Å². The lowest BCUT2D eigenvalue weighted by atomic mass is 10.4. The van der Waals surface area contributed by atoms with Gasteiger partial charge < -0.3 is 15.4 Å². The van der Waals surface area contributed by atoms with E-state index >= 15 is 0 Å². The second-order valence-electron chi connectivity index (χ2n) is 2.32. The van der Waals surface area contributed by atoms with E-state index in [9.17, 15) is 4.79 Å². The molecule has 0 aromatic heterocycles. The normalized spacial score (nSPS) is 9.17. The topological polar surface area (TPSA) is 79.4 Å². The Hall–Kier alpha value is -1.26. The van der Waals surface area contributed by atoms with Gasteiger partial charge in [-0.25, -0.2) is 4.79 Å². The zero-order valence-corrected chi connectivity index (χ0v) is 7.46. The Kier molecular flexibility index (Phi) is 4.83. The fourth-order valence-electron chi connectivity index (χ4n) is 0.763. The third kappa shape index (κ3) is 3.80. The van der Waals surface area contributed by atoms with E-state index in [1.165, 1.54) is 12.0 Å². The van der Waals surface area contributed by atoms with Crippen molar-refractivity contribution < 1.29 is 9.53 Å². The van der Waals surface area contributed by atoms with Crippen molar-refractivity contribution in [3.05, 3.63) is 0 Å². The van der Waals surface area contributed by atoms with Crippen LogP contribution in [0.25, 0.3) is 0 Å². The summed E-state index contributed by atoms with van der Waals surface area (Å²) in [5, 5.41) is 6.96. The average Bonchev–Trinajstić information content (AvgIpc) is 2.04. The van der Waals surface area contributed by atoms with Crippen LogP contribution in [-0.2, 0) is 4.74 Å². The highest BCUT2D eigenvalue weighted by molar-refractivity contribution is 5.77. The lowest BCUT2D eigenvalue weighted by Crippen LogP contribution is -2.33. The fraction of sp³-hybridized carbons (Fsp3) is 0.714. The SMILES string of the molecule is CCN(CCC(=N)N)C(=O)OC.